The van der Waals surface area contributed by atoms with Crippen LogP contribution in [-0.2, 0) is 0 Å². The molecule has 0 unspecified atom stereocenters. The van der Waals surface area contributed by atoms with Crippen LogP contribution in [0.3, 0.4) is 0 Å². The number of carbonyl (C=O) groups is 2. The molecule has 4 heteroatoms. The SMILES string of the molecule is CCCCC(=O)c1cccc(N2CCN(C)CC2)c1C=O. The molecule has 0 aromatic heterocycles. The number of Topliss-reactive ketones (excluding diaryl/α,β-unsaturated/α-hetero) is 1. The lowest BCUT2D eigenvalue weighted by Crippen LogP contribution is -2.44. The highest BCUT2D eigenvalue weighted by Gasteiger charge is 2.20. The predicted octanol–water partition coefficient (Wildman–Crippen LogP) is 2.62. The summed E-state index contributed by atoms with van der Waals surface area (Å²) in [5.41, 5.74) is 2.04. The zero-order valence-corrected chi connectivity index (χ0v) is 13.0. The Balaban J connectivity index is 2.26. The summed E-state index contributed by atoms with van der Waals surface area (Å²) in [4.78, 5) is 28.3. The van der Waals surface area contributed by atoms with Gasteiger partial charge in [0.2, 0.25) is 0 Å². The van der Waals surface area contributed by atoms with Gasteiger partial charge in [-0.2, -0.15) is 0 Å². The molecule has 0 N–H and O–H groups in total. The standard InChI is InChI=1S/C17H24N2O2/c1-3-4-8-17(21)14-6-5-7-16(15(14)13-20)19-11-9-18(2)10-12-19/h5-7,13H,3-4,8-12H2,1-2H3. The Kier molecular flexibility index (Phi) is 5.51. The number of nitrogens with zero attached hydrogens (tertiary/aromatic N) is 2. The van der Waals surface area contributed by atoms with Crippen molar-refractivity contribution in [3.8, 4) is 0 Å². The van der Waals surface area contributed by atoms with Crippen LogP contribution in [0, 0.1) is 0 Å². The van der Waals surface area contributed by atoms with E-state index in [0.717, 1.165) is 51.0 Å². The Morgan fingerprint density at radius 2 is 1.95 bits per heavy atom. The summed E-state index contributed by atoms with van der Waals surface area (Å²) >= 11 is 0. The van der Waals surface area contributed by atoms with E-state index in [0.29, 0.717) is 17.5 Å². The van der Waals surface area contributed by atoms with Crippen LogP contribution < -0.4 is 4.90 Å². The van der Waals surface area contributed by atoms with E-state index < -0.39 is 0 Å². The fraction of sp³-hybridized carbons (Fsp3) is 0.529. The van der Waals surface area contributed by atoms with Crippen molar-refractivity contribution >= 4 is 17.8 Å². The van der Waals surface area contributed by atoms with Gasteiger partial charge in [-0.1, -0.05) is 25.5 Å². The van der Waals surface area contributed by atoms with Crippen LogP contribution in [0.25, 0.3) is 0 Å². The number of hydrogen-bond acceptors (Lipinski definition) is 4. The number of hydrogen-bond donors (Lipinski definition) is 0. The Bertz CT molecular complexity index is 506. The second kappa shape index (κ2) is 7.36. The number of unbranched alkanes of at least 4 members (excludes halogenated alkanes) is 1. The quantitative estimate of drug-likeness (QED) is 0.596. The molecule has 1 aromatic carbocycles. The number of benzene rings is 1. The molecule has 0 saturated carbocycles. The van der Waals surface area contributed by atoms with Crippen LogP contribution in [0.2, 0.25) is 0 Å². The smallest absolute Gasteiger partial charge is 0.163 e. The number of carbonyl (C=O) groups excluding carboxylic acids is 2. The minimum absolute atomic E-state index is 0.0786. The Hall–Kier alpha value is -1.68. The topological polar surface area (TPSA) is 40.6 Å². The molecule has 0 spiro atoms. The summed E-state index contributed by atoms with van der Waals surface area (Å²) in [5.74, 6) is 0.0786. The molecule has 2 rings (SSSR count). The van der Waals surface area contributed by atoms with Crippen LogP contribution in [0.4, 0.5) is 5.69 Å². The third-order valence-electron chi connectivity index (χ3n) is 4.10. The number of likely N-dealkylation sites (N-methyl/N-ethyl adjacent to an activating group) is 1. The monoisotopic (exact) mass is 288 g/mol. The van der Waals surface area contributed by atoms with Crippen molar-refractivity contribution < 1.29 is 9.59 Å². The van der Waals surface area contributed by atoms with Gasteiger partial charge in [0.1, 0.15) is 0 Å². The molecule has 0 radical (unpaired) electrons. The van der Waals surface area contributed by atoms with Crippen LogP contribution >= 0.6 is 0 Å². The molecule has 1 aromatic rings. The average molecular weight is 288 g/mol. The summed E-state index contributed by atoms with van der Waals surface area (Å²) < 4.78 is 0. The molecule has 4 nitrogen and oxygen atoms in total. The number of aldehydes is 1. The fourth-order valence-electron chi connectivity index (χ4n) is 2.72. The molecular weight excluding hydrogens is 264 g/mol. The van der Waals surface area contributed by atoms with Crippen molar-refractivity contribution in [1.82, 2.24) is 4.90 Å². The molecular formula is C17H24N2O2. The minimum atomic E-state index is 0.0786. The number of ketones is 1. The molecule has 1 saturated heterocycles. The van der Waals surface area contributed by atoms with Gasteiger partial charge in [-0.3, -0.25) is 9.59 Å². The highest BCUT2D eigenvalue weighted by Crippen LogP contribution is 2.25. The highest BCUT2D eigenvalue weighted by molar-refractivity contribution is 6.05. The third-order valence-corrected chi connectivity index (χ3v) is 4.10. The van der Waals surface area contributed by atoms with Crippen LogP contribution in [0.5, 0.6) is 0 Å². The van der Waals surface area contributed by atoms with Gasteiger partial charge >= 0.3 is 0 Å². The van der Waals surface area contributed by atoms with E-state index in [9.17, 15) is 9.59 Å². The van der Waals surface area contributed by atoms with Gasteiger partial charge in [0, 0.05) is 49.4 Å². The van der Waals surface area contributed by atoms with Crippen molar-refractivity contribution in [2.45, 2.75) is 26.2 Å². The van der Waals surface area contributed by atoms with Gasteiger partial charge in [-0.05, 0) is 19.5 Å². The molecule has 0 bridgehead atoms. The van der Waals surface area contributed by atoms with Crippen molar-refractivity contribution in [3.05, 3.63) is 29.3 Å². The maximum absolute atomic E-state index is 12.3. The normalized spacial score (nSPS) is 16.0. The molecule has 1 aliphatic rings. The molecule has 0 atom stereocenters. The van der Waals surface area contributed by atoms with Crippen molar-refractivity contribution in [3.63, 3.8) is 0 Å². The fourth-order valence-corrected chi connectivity index (χ4v) is 2.72. The van der Waals surface area contributed by atoms with E-state index in [4.69, 9.17) is 0 Å². The first-order valence-electron chi connectivity index (χ1n) is 7.72. The second-order valence-corrected chi connectivity index (χ2v) is 5.67. The first-order valence-corrected chi connectivity index (χ1v) is 7.72. The number of rotatable bonds is 6. The van der Waals surface area contributed by atoms with E-state index in [-0.39, 0.29) is 5.78 Å². The van der Waals surface area contributed by atoms with E-state index in [1.165, 1.54) is 0 Å². The molecule has 1 aliphatic heterocycles. The third kappa shape index (κ3) is 3.70. The van der Waals surface area contributed by atoms with E-state index in [2.05, 4.69) is 23.8 Å². The lowest BCUT2D eigenvalue weighted by atomic mass is 9.98. The van der Waals surface area contributed by atoms with Gasteiger partial charge in [0.25, 0.3) is 0 Å². The molecule has 114 valence electrons. The summed E-state index contributed by atoms with van der Waals surface area (Å²) in [7, 11) is 2.10. The van der Waals surface area contributed by atoms with Gasteiger partial charge < -0.3 is 9.80 Å². The van der Waals surface area contributed by atoms with Crippen molar-refractivity contribution in [2.75, 3.05) is 38.1 Å². The predicted molar refractivity (Wildman–Crippen MR) is 85.4 cm³/mol. The first kappa shape index (κ1) is 15.7. The lowest BCUT2D eigenvalue weighted by molar-refractivity contribution is 0.0973. The minimum Gasteiger partial charge on any atom is -0.368 e. The Labute approximate surface area is 126 Å². The maximum Gasteiger partial charge on any atom is 0.163 e. The van der Waals surface area contributed by atoms with Gasteiger partial charge in [-0.15, -0.1) is 0 Å². The second-order valence-electron chi connectivity index (χ2n) is 5.67. The zero-order chi connectivity index (χ0) is 15.2. The summed E-state index contributed by atoms with van der Waals surface area (Å²) in [6.45, 7) is 5.81. The highest BCUT2D eigenvalue weighted by atomic mass is 16.1. The maximum atomic E-state index is 12.3. The summed E-state index contributed by atoms with van der Waals surface area (Å²) in [6.07, 6.45) is 3.21. The van der Waals surface area contributed by atoms with E-state index in [1.54, 1.807) is 6.07 Å². The first-order chi connectivity index (χ1) is 10.2. The lowest BCUT2D eigenvalue weighted by Gasteiger charge is -2.35. The number of anilines is 1. The van der Waals surface area contributed by atoms with E-state index >= 15 is 0 Å². The zero-order valence-electron chi connectivity index (χ0n) is 13.0. The number of piperazine rings is 1. The average Bonchev–Trinajstić information content (AvgIpc) is 2.52. The van der Waals surface area contributed by atoms with Crippen LogP contribution in [0.1, 0.15) is 46.9 Å². The van der Waals surface area contributed by atoms with Crippen LogP contribution in [-0.4, -0.2) is 50.2 Å². The summed E-state index contributed by atoms with van der Waals surface area (Å²) in [6, 6.07) is 5.62. The van der Waals surface area contributed by atoms with Crippen molar-refractivity contribution in [2.24, 2.45) is 0 Å². The molecule has 1 heterocycles. The summed E-state index contributed by atoms with van der Waals surface area (Å²) in [5, 5.41) is 0. The van der Waals surface area contributed by atoms with Crippen LogP contribution in [0.15, 0.2) is 18.2 Å². The molecule has 0 aliphatic carbocycles. The van der Waals surface area contributed by atoms with E-state index in [1.807, 2.05) is 12.1 Å². The molecule has 0 amide bonds. The van der Waals surface area contributed by atoms with Crippen molar-refractivity contribution in [1.29, 1.82) is 0 Å². The Morgan fingerprint density at radius 3 is 2.57 bits per heavy atom. The Morgan fingerprint density at radius 1 is 1.24 bits per heavy atom. The largest absolute Gasteiger partial charge is 0.368 e. The van der Waals surface area contributed by atoms with Gasteiger partial charge in [0.05, 0.1) is 0 Å². The molecule has 1 fully saturated rings. The molecule has 21 heavy (non-hydrogen) atoms. The van der Waals surface area contributed by atoms with Gasteiger partial charge in [-0.25, -0.2) is 0 Å². The van der Waals surface area contributed by atoms with Gasteiger partial charge in [0.15, 0.2) is 12.1 Å².